The normalized spacial score (nSPS) is 14.1. The van der Waals surface area contributed by atoms with Crippen LogP contribution in [0.25, 0.3) is 0 Å². The highest BCUT2D eigenvalue weighted by molar-refractivity contribution is 7.92. The topological polar surface area (TPSA) is 105 Å². The second-order valence-corrected chi connectivity index (χ2v) is 12.0. The third-order valence-electron chi connectivity index (χ3n) is 6.37. The van der Waals surface area contributed by atoms with E-state index in [-0.39, 0.29) is 36.7 Å². The van der Waals surface area contributed by atoms with E-state index in [0.29, 0.717) is 39.9 Å². The number of hydrogen-bond donors (Lipinski definition) is 1. The number of sulfonamides is 1. The van der Waals surface area contributed by atoms with E-state index in [1.54, 1.807) is 37.3 Å². The maximum absolute atomic E-state index is 13.9. The summed E-state index contributed by atoms with van der Waals surface area (Å²) in [7, 11) is -3.88. The van der Waals surface area contributed by atoms with Crippen LogP contribution in [0.2, 0.25) is 10.0 Å². The first-order valence-corrected chi connectivity index (χ1v) is 14.8. The number of carbonyl (C=O) groups is 2. The molecule has 1 N–H and O–H groups in total. The van der Waals surface area contributed by atoms with Crippen LogP contribution in [0.4, 0.5) is 5.69 Å². The number of rotatable bonds is 12. The molecule has 1 aliphatic heterocycles. The van der Waals surface area contributed by atoms with Crippen molar-refractivity contribution >= 4 is 50.7 Å². The van der Waals surface area contributed by atoms with Gasteiger partial charge in [-0.3, -0.25) is 13.9 Å². The Kier molecular flexibility index (Phi) is 10.1. The zero-order chi connectivity index (χ0) is 28.0. The van der Waals surface area contributed by atoms with Crippen molar-refractivity contribution in [3.8, 4) is 11.5 Å². The summed E-state index contributed by atoms with van der Waals surface area (Å²) < 4.78 is 38.0. The van der Waals surface area contributed by atoms with Crippen LogP contribution in [-0.4, -0.2) is 56.3 Å². The summed E-state index contributed by atoms with van der Waals surface area (Å²) in [4.78, 5) is 28.5. The SMILES string of the molecule is CC[C@@H](C)NC(=O)[C@H](CC)N(Cc1ccc(Cl)cc1Cl)C(=O)CN(c1ccc2c(c1)OCO2)S(=O)(=O)CC. The van der Waals surface area contributed by atoms with E-state index in [4.69, 9.17) is 32.7 Å². The molecule has 38 heavy (non-hydrogen) atoms. The van der Waals surface area contributed by atoms with Gasteiger partial charge in [0.2, 0.25) is 28.6 Å². The molecule has 2 amide bonds. The van der Waals surface area contributed by atoms with Gasteiger partial charge in [0.25, 0.3) is 0 Å². The zero-order valence-electron chi connectivity index (χ0n) is 21.9. The molecule has 9 nitrogen and oxygen atoms in total. The van der Waals surface area contributed by atoms with Crippen molar-refractivity contribution in [1.82, 2.24) is 10.2 Å². The van der Waals surface area contributed by atoms with Gasteiger partial charge < -0.3 is 19.7 Å². The lowest BCUT2D eigenvalue weighted by atomic mass is 10.1. The molecule has 12 heteroatoms. The van der Waals surface area contributed by atoms with E-state index in [1.165, 1.54) is 17.9 Å². The van der Waals surface area contributed by atoms with Crippen LogP contribution < -0.4 is 19.1 Å². The first-order valence-electron chi connectivity index (χ1n) is 12.4. The van der Waals surface area contributed by atoms with Crippen LogP contribution in [0.15, 0.2) is 36.4 Å². The number of halogens is 2. The van der Waals surface area contributed by atoms with Crippen LogP contribution in [0.1, 0.15) is 46.1 Å². The molecule has 0 radical (unpaired) electrons. The Morgan fingerprint density at radius 1 is 1.03 bits per heavy atom. The predicted molar refractivity (Wildman–Crippen MR) is 148 cm³/mol. The predicted octanol–water partition coefficient (Wildman–Crippen LogP) is 4.60. The molecule has 2 aromatic carbocycles. The number of benzene rings is 2. The molecule has 1 aliphatic rings. The van der Waals surface area contributed by atoms with Crippen LogP contribution >= 0.6 is 23.2 Å². The molecule has 0 aliphatic carbocycles. The molecule has 208 valence electrons. The number of amides is 2. The summed E-state index contributed by atoms with van der Waals surface area (Å²) in [6.45, 7) is 6.61. The summed E-state index contributed by atoms with van der Waals surface area (Å²) in [5.41, 5.74) is 0.832. The Bertz CT molecular complexity index is 1270. The van der Waals surface area contributed by atoms with Crippen LogP contribution in [0.5, 0.6) is 11.5 Å². The van der Waals surface area contributed by atoms with Gasteiger partial charge in [-0.05, 0) is 56.5 Å². The van der Waals surface area contributed by atoms with E-state index in [2.05, 4.69) is 5.32 Å². The van der Waals surface area contributed by atoms with Crippen molar-refractivity contribution in [2.75, 3.05) is 23.4 Å². The molecule has 2 aromatic rings. The van der Waals surface area contributed by atoms with Gasteiger partial charge >= 0.3 is 0 Å². The van der Waals surface area contributed by atoms with Crippen molar-refractivity contribution < 1.29 is 27.5 Å². The number of anilines is 1. The van der Waals surface area contributed by atoms with Crippen LogP contribution in [-0.2, 0) is 26.2 Å². The Balaban J connectivity index is 2.00. The molecule has 0 saturated heterocycles. The quantitative estimate of drug-likeness (QED) is 0.390. The minimum absolute atomic E-state index is 0.0115. The number of nitrogens with zero attached hydrogens (tertiary/aromatic N) is 2. The molecule has 3 rings (SSSR count). The van der Waals surface area contributed by atoms with E-state index in [1.807, 2.05) is 13.8 Å². The Hall–Kier alpha value is -2.69. The summed E-state index contributed by atoms with van der Waals surface area (Å²) in [6, 6.07) is 8.61. The fourth-order valence-corrected chi connectivity index (χ4v) is 5.48. The minimum Gasteiger partial charge on any atom is -0.454 e. The zero-order valence-corrected chi connectivity index (χ0v) is 24.2. The first kappa shape index (κ1) is 29.9. The van der Waals surface area contributed by atoms with Gasteiger partial charge in [-0.25, -0.2) is 8.42 Å². The molecule has 0 bridgehead atoms. The van der Waals surface area contributed by atoms with E-state index in [9.17, 15) is 18.0 Å². The van der Waals surface area contributed by atoms with Gasteiger partial charge in [0, 0.05) is 28.7 Å². The molecular weight excluding hydrogens is 553 g/mol. The van der Waals surface area contributed by atoms with E-state index in [0.717, 1.165) is 4.31 Å². The maximum Gasteiger partial charge on any atom is 0.244 e. The number of carbonyl (C=O) groups excluding carboxylic acids is 2. The molecular formula is C26H33Cl2N3O6S. The third kappa shape index (κ3) is 7.03. The standard InChI is InChI=1S/C26H33Cl2N3O6S/c1-5-17(4)29-26(33)22(6-2)30(14-18-8-9-19(27)12-21(18)28)25(32)15-31(38(34,35)7-3)20-10-11-23-24(13-20)37-16-36-23/h8-13,17,22H,5-7,14-16H2,1-4H3,(H,29,33)/t17-,22+/m1/s1. The molecule has 0 spiro atoms. The molecule has 0 fully saturated rings. The number of fused-ring (bicyclic) bond motifs is 1. The fourth-order valence-electron chi connectivity index (χ4n) is 3.95. The summed E-state index contributed by atoms with van der Waals surface area (Å²) in [5.74, 6) is -0.245. The van der Waals surface area contributed by atoms with Crippen molar-refractivity contribution in [2.45, 2.75) is 59.2 Å². The monoisotopic (exact) mass is 585 g/mol. The van der Waals surface area contributed by atoms with Crippen molar-refractivity contribution in [3.05, 3.63) is 52.0 Å². The van der Waals surface area contributed by atoms with Crippen molar-refractivity contribution in [1.29, 1.82) is 0 Å². The highest BCUT2D eigenvalue weighted by Crippen LogP contribution is 2.36. The van der Waals surface area contributed by atoms with E-state index >= 15 is 0 Å². The van der Waals surface area contributed by atoms with Gasteiger partial charge in [0.1, 0.15) is 12.6 Å². The van der Waals surface area contributed by atoms with Gasteiger partial charge in [0.05, 0.1) is 11.4 Å². The molecule has 2 atom stereocenters. The third-order valence-corrected chi connectivity index (χ3v) is 8.69. The summed E-state index contributed by atoms with van der Waals surface area (Å²) >= 11 is 12.5. The lowest BCUT2D eigenvalue weighted by Gasteiger charge is -2.33. The highest BCUT2D eigenvalue weighted by atomic mass is 35.5. The highest BCUT2D eigenvalue weighted by Gasteiger charge is 2.33. The number of ether oxygens (including phenoxy) is 2. The average Bonchev–Trinajstić information content (AvgIpc) is 3.36. The Morgan fingerprint density at radius 3 is 2.37 bits per heavy atom. The largest absolute Gasteiger partial charge is 0.454 e. The average molecular weight is 587 g/mol. The van der Waals surface area contributed by atoms with Crippen molar-refractivity contribution in [3.63, 3.8) is 0 Å². The molecule has 1 heterocycles. The summed E-state index contributed by atoms with van der Waals surface area (Å²) in [6.07, 6.45) is 1.02. The fraction of sp³-hybridized carbons (Fsp3) is 0.462. The van der Waals surface area contributed by atoms with Gasteiger partial charge in [-0.2, -0.15) is 0 Å². The lowest BCUT2D eigenvalue weighted by molar-refractivity contribution is -0.140. The van der Waals surface area contributed by atoms with Crippen LogP contribution in [0, 0.1) is 0 Å². The second-order valence-electron chi connectivity index (χ2n) is 8.94. The van der Waals surface area contributed by atoms with Crippen molar-refractivity contribution in [2.24, 2.45) is 0 Å². The molecule has 0 saturated carbocycles. The lowest BCUT2D eigenvalue weighted by Crippen LogP contribution is -2.53. The Labute approximate surface area is 234 Å². The number of nitrogens with one attached hydrogen (secondary N) is 1. The van der Waals surface area contributed by atoms with E-state index < -0.39 is 28.5 Å². The van der Waals surface area contributed by atoms with Gasteiger partial charge in [-0.15, -0.1) is 0 Å². The number of hydrogen-bond acceptors (Lipinski definition) is 6. The smallest absolute Gasteiger partial charge is 0.244 e. The summed E-state index contributed by atoms with van der Waals surface area (Å²) in [5, 5.41) is 3.70. The van der Waals surface area contributed by atoms with Crippen LogP contribution in [0.3, 0.4) is 0 Å². The molecule has 0 aromatic heterocycles. The Morgan fingerprint density at radius 2 is 1.74 bits per heavy atom. The maximum atomic E-state index is 13.9. The molecule has 0 unspecified atom stereocenters. The minimum atomic E-state index is -3.88. The van der Waals surface area contributed by atoms with Gasteiger partial charge in [0.15, 0.2) is 11.5 Å². The van der Waals surface area contributed by atoms with Gasteiger partial charge in [-0.1, -0.05) is 43.1 Å². The first-order chi connectivity index (χ1) is 18.0. The second kappa shape index (κ2) is 12.9.